The summed E-state index contributed by atoms with van der Waals surface area (Å²) in [6.45, 7) is 0. The van der Waals surface area contributed by atoms with Gasteiger partial charge in [-0.05, 0) is 36.4 Å². The first-order valence-electron chi connectivity index (χ1n) is 8.79. The number of nitro groups is 1. The molecule has 3 aromatic carbocycles. The zero-order valence-electron chi connectivity index (χ0n) is 16.2. The molecular weight excluding hydrogens is 444 g/mol. The van der Waals surface area contributed by atoms with Gasteiger partial charge in [-0.2, -0.15) is 5.10 Å². The average molecular weight is 461 g/mol. The van der Waals surface area contributed by atoms with Gasteiger partial charge >= 0.3 is 0 Å². The van der Waals surface area contributed by atoms with E-state index in [0.29, 0.717) is 16.3 Å². The second-order valence-electron chi connectivity index (χ2n) is 6.16. The van der Waals surface area contributed by atoms with Crippen molar-refractivity contribution >= 4 is 44.9 Å². The first-order valence-corrected chi connectivity index (χ1v) is 10.7. The van der Waals surface area contributed by atoms with Crippen LogP contribution in [0.1, 0.15) is 5.56 Å². The highest BCUT2D eigenvalue weighted by molar-refractivity contribution is 7.92. The van der Waals surface area contributed by atoms with Gasteiger partial charge in [0.15, 0.2) is 0 Å². The third-order valence-electron chi connectivity index (χ3n) is 4.10. The molecule has 11 heteroatoms. The Hall–Kier alpha value is -3.63. The number of anilines is 2. The molecule has 0 saturated carbocycles. The maximum absolute atomic E-state index is 13.0. The zero-order valence-corrected chi connectivity index (χ0v) is 17.7. The Morgan fingerprint density at radius 3 is 2.45 bits per heavy atom. The molecule has 0 aliphatic rings. The molecule has 0 unspecified atom stereocenters. The summed E-state index contributed by atoms with van der Waals surface area (Å²) in [5.74, 6) is 0.551. The fraction of sp³-hybridized carbons (Fsp3) is 0.0500. The second kappa shape index (κ2) is 9.45. The van der Waals surface area contributed by atoms with Crippen LogP contribution in [-0.2, 0) is 10.0 Å². The lowest BCUT2D eigenvalue weighted by Gasteiger charge is -2.12. The van der Waals surface area contributed by atoms with Crippen molar-refractivity contribution in [3.63, 3.8) is 0 Å². The summed E-state index contributed by atoms with van der Waals surface area (Å²) >= 11 is 6.07. The largest absolute Gasteiger partial charge is 0.497 e. The lowest BCUT2D eigenvalue weighted by Crippen LogP contribution is -2.15. The number of methoxy groups -OCH3 is 1. The summed E-state index contributed by atoms with van der Waals surface area (Å²) in [4.78, 5) is 10.2. The maximum atomic E-state index is 13.0. The summed E-state index contributed by atoms with van der Waals surface area (Å²) in [7, 11) is -2.69. The van der Waals surface area contributed by atoms with Crippen LogP contribution in [0.25, 0.3) is 0 Å². The molecule has 0 amide bonds. The number of hydrazone groups is 1. The average Bonchev–Trinajstić information content (AvgIpc) is 2.75. The molecular formula is C20H17ClN4O5S. The molecule has 0 atom stereocenters. The fourth-order valence-corrected chi connectivity index (χ4v) is 3.98. The van der Waals surface area contributed by atoms with Crippen molar-refractivity contribution in [1.82, 2.24) is 0 Å². The highest BCUT2D eigenvalue weighted by atomic mass is 35.5. The van der Waals surface area contributed by atoms with E-state index in [1.54, 1.807) is 36.4 Å². The zero-order chi connectivity index (χ0) is 22.4. The fourth-order valence-electron chi connectivity index (χ4n) is 2.56. The SMILES string of the molecule is COc1ccc(NS(=O)(=O)c2cc([N+](=O)[O-])ccc2N/N=C/c2ccccc2Cl)cc1. The summed E-state index contributed by atoms with van der Waals surface area (Å²) in [5.41, 5.74) is 3.16. The summed E-state index contributed by atoms with van der Waals surface area (Å²) < 4.78 is 33.4. The first kappa shape index (κ1) is 22.1. The number of sulfonamides is 1. The predicted molar refractivity (Wildman–Crippen MR) is 120 cm³/mol. The van der Waals surface area contributed by atoms with Crippen LogP contribution in [-0.4, -0.2) is 26.7 Å². The molecule has 0 aromatic heterocycles. The van der Waals surface area contributed by atoms with Gasteiger partial charge in [0.05, 0.1) is 23.9 Å². The van der Waals surface area contributed by atoms with Gasteiger partial charge in [-0.25, -0.2) is 8.42 Å². The monoisotopic (exact) mass is 460 g/mol. The normalized spacial score (nSPS) is 11.3. The van der Waals surface area contributed by atoms with Gasteiger partial charge in [0, 0.05) is 28.4 Å². The molecule has 0 bridgehead atoms. The number of hydrogen-bond acceptors (Lipinski definition) is 7. The Labute approximate surface area is 183 Å². The number of hydrogen-bond donors (Lipinski definition) is 2. The van der Waals surface area contributed by atoms with E-state index in [9.17, 15) is 18.5 Å². The quantitative estimate of drug-likeness (QED) is 0.290. The van der Waals surface area contributed by atoms with E-state index < -0.39 is 14.9 Å². The van der Waals surface area contributed by atoms with Gasteiger partial charge in [-0.15, -0.1) is 0 Å². The van der Waals surface area contributed by atoms with Gasteiger partial charge in [-0.1, -0.05) is 29.8 Å². The van der Waals surface area contributed by atoms with Crippen LogP contribution in [0.5, 0.6) is 5.75 Å². The molecule has 3 aromatic rings. The molecule has 2 N–H and O–H groups in total. The van der Waals surface area contributed by atoms with E-state index in [-0.39, 0.29) is 22.0 Å². The molecule has 3 rings (SSSR count). The molecule has 31 heavy (non-hydrogen) atoms. The minimum absolute atomic E-state index is 0.0508. The molecule has 160 valence electrons. The summed E-state index contributed by atoms with van der Waals surface area (Å²) in [6, 6.07) is 16.5. The van der Waals surface area contributed by atoms with Crippen molar-refractivity contribution in [3.05, 3.63) is 87.4 Å². The summed E-state index contributed by atoms with van der Waals surface area (Å²) in [5, 5.41) is 15.6. The Balaban J connectivity index is 1.93. The number of ether oxygens (including phenoxy) is 1. The lowest BCUT2D eigenvalue weighted by atomic mass is 10.2. The third-order valence-corrected chi connectivity index (χ3v) is 5.87. The minimum Gasteiger partial charge on any atom is -0.497 e. The maximum Gasteiger partial charge on any atom is 0.270 e. The van der Waals surface area contributed by atoms with E-state index in [4.69, 9.17) is 16.3 Å². The number of halogens is 1. The Kier molecular flexibility index (Phi) is 6.73. The molecule has 0 fully saturated rings. The molecule has 0 saturated heterocycles. The van der Waals surface area contributed by atoms with Crippen molar-refractivity contribution < 1.29 is 18.1 Å². The van der Waals surface area contributed by atoms with Crippen LogP contribution in [0.2, 0.25) is 5.02 Å². The van der Waals surface area contributed by atoms with Crippen molar-refractivity contribution in [2.45, 2.75) is 4.90 Å². The van der Waals surface area contributed by atoms with Crippen molar-refractivity contribution in [1.29, 1.82) is 0 Å². The summed E-state index contributed by atoms with van der Waals surface area (Å²) in [6.07, 6.45) is 1.41. The van der Waals surface area contributed by atoms with Gasteiger partial charge in [0.25, 0.3) is 15.7 Å². The van der Waals surface area contributed by atoms with Gasteiger partial charge in [0.2, 0.25) is 0 Å². The first-order chi connectivity index (χ1) is 14.8. The lowest BCUT2D eigenvalue weighted by molar-refractivity contribution is -0.385. The Morgan fingerprint density at radius 1 is 1.10 bits per heavy atom. The molecule has 9 nitrogen and oxygen atoms in total. The minimum atomic E-state index is -4.18. The van der Waals surface area contributed by atoms with E-state index in [1.165, 1.54) is 37.6 Å². The van der Waals surface area contributed by atoms with Crippen molar-refractivity contribution in [3.8, 4) is 5.75 Å². The van der Waals surface area contributed by atoms with E-state index >= 15 is 0 Å². The molecule has 0 aliphatic heterocycles. The van der Waals surface area contributed by atoms with Crippen LogP contribution in [0.15, 0.2) is 76.7 Å². The number of benzene rings is 3. The second-order valence-corrected chi connectivity index (χ2v) is 8.22. The predicted octanol–water partition coefficient (Wildman–Crippen LogP) is 4.50. The molecule has 0 radical (unpaired) electrons. The molecule has 0 aliphatic carbocycles. The highest BCUT2D eigenvalue weighted by Crippen LogP contribution is 2.29. The van der Waals surface area contributed by atoms with Gasteiger partial charge in [0.1, 0.15) is 10.6 Å². The van der Waals surface area contributed by atoms with E-state index in [1.807, 2.05) is 0 Å². The van der Waals surface area contributed by atoms with Crippen LogP contribution in [0.4, 0.5) is 17.1 Å². The topological polar surface area (TPSA) is 123 Å². The standard InChI is InChI=1S/C20H17ClN4O5S/c1-30-17-9-6-15(7-10-17)24-31(28,29)20-12-16(25(26)27)8-11-19(20)23-22-13-14-4-2-3-5-18(14)21/h2-13,23-24H,1H3/b22-13+. The third kappa shape index (κ3) is 5.50. The molecule has 0 spiro atoms. The van der Waals surface area contributed by atoms with E-state index in [2.05, 4.69) is 15.2 Å². The molecule has 0 heterocycles. The number of nitrogens with zero attached hydrogens (tertiary/aromatic N) is 2. The van der Waals surface area contributed by atoms with E-state index in [0.717, 1.165) is 6.07 Å². The van der Waals surface area contributed by atoms with Crippen molar-refractivity contribution in [2.75, 3.05) is 17.3 Å². The number of rotatable bonds is 8. The van der Waals surface area contributed by atoms with Crippen LogP contribution < -0.4 is 14.9 Å². The number of nitrogens with one attached hydrogen (secondary N) is 2. The Bertz CT molecular complexity index is 1230. The van der Waals surface area contributed by atoms with Crippen LogP contribution in [0, 0.1) is 10.1 Å². The smallest absolute Gasteiger partial charge is 0.270 e. The number of non-ortho nitro benzene ring substituents is 1. The van der Waals surface area contributed by atoms with Crippen molar-refractivity contribution in [2.24, 2.45) is 5.10 Å². The van der Waals surface area contributed by atoms with Gasteiger partial charge < -0.3 is 4.74 Å². The number of nitro benzene ring substituents is 1. The van der Waals surface area contributed by atoms with Crippen LogP contribution >= 0.6 is 11.6 Å². The van der Waals surface area contributed by atoms with Crippen LogP contribution in [0.3, 0.4) is 0 Å². The van der Waals surface area contributed by atoms with Gasteiger partial charge in [-0.3, -0.25) is 20.3 Å². The Morgan fingerprint density at radius 2 is 1.81 bits per heavy atom. The highest BCUT2D eigenvalue weighted by Gasteiger charge is 2.22.